The van der Waals surface area contributed by atoms with Crippen molar-refractivity contribution in [1.29, 1.82) is 0 Å². The van der Waals surface area contributed by atoms with Crippen LogP contribution in [-0.2, 0) is 16.6 Å². The molecule has 0 saturated carbocycles. The number of hydrogen-bond acceptors (Lipinski definition) is 7. The second-order valence-corrected chi connectivity index (χ2v) is 7.95. The van der Waals surface area contributed by atoms with E-state index in [4.69, 9.17) is 4.74 Å². The van der Waals surface area contributed by atoms with E-state index in [1.54, 1.807) is 31.4 Å². The number of nitro benzene ring substituents is 1. The highest BCUT2D eigenvalue weighted by atomic mass is 32.2. The Morgan fingerprint density at radius 2 is 1.90 bits per heavy atom. The van der Waals surface area contributed by atoms with Crippen molar-refractivity contribution in [1.82, 2.24) is 14.3 Å². The van der Waals surface area contributed by atoms with Gasteiger partial charge in [-0.3, -0.25) is 19.5 Å². The van der Waals surface area contributed by atoms with Crippen molar-refractivity contribution in [2.75, 3.05) is 13.7 Å². The zero-order chi connectivity index (χ0) is 21.7. The summed E-state index contributed by atoms with van der Waals surface area (Å²) in [5.41, 5.74) is 0.556. The van der Waals surface area contributed by atoms with E-state index in [0.717, 1.165) is 11.6 Å². The van der Waals surface area contributed by atoms with Crippen LogP contribution >= 0.6 is 0 Å². The summed E-state index contributed by atoms with van der Waals surface area (Å²) in [6.45, 7) is -0.0443. The molecule has 1 heterocycles. The second kappa shape index (κ2) is 8.84. The molecule has 3 rings (SSSR count). The summed E-state index contributed by atoms with van der Waals surface area (Å²) < 4.78 is 33.3. The summed E-state index contributed by atoms with van der Waals surface area (Å²) in [4.78, 5) is 26.5. The van der Waals surface area contributed by atoms with Crippen LogP contribution in [0.15, 0.2) is 70.6 Å². The van der Waals surface area contributed by atoms with Crippen LogP contribution in [0.2, 0.25) is 0 Å². The Balaban J connectivity index is 1.68. The average molecular weight is 430 g/mol. The van der Waals surface area contributed by atoms with Gasteiger partial charge in [0.2, 0.25) is 10.0 Å². The lowest BCUT2D eigenvalue weighted by Crippen LogP contribution is -2.31. The summed E-state index contributed by atoms with van der Waals surface area (Å²) in [6.07, 6.45) is 1.34. The fraction of sp³-hybridized carbons (Fsp3) is 0.158. The van der Waals surface area contributed by atoms with E-state index in [2.05, 4.69) is 9.71 Å². The highest BCUT2D eigenvalue weighted by Gasteiger charge is 2.17. The van der Waals surface area contributed by atoms with Crippen molar-refractivity contribution in [2.24, 2.45) is 0 Å². The summed E-state index contributed by atoms with van der Waals surface area (Å²) >= 11 is 0. The van der Waals surface area contributed by atoms with Crippen molar-refractivity contribution in [3.8, 4) is 17.0 Å². The lowest BCUT2D eigenvalue weighted by Gasteiger charge is -2.09. The number of sulfonamides is 1. The largest absolute Gasteiger partial charge is 0.497 e. The van der Waals surface area contributed by atoms with Gasteiger partial charge in [-0.2, -0.15) is 0 Å². The monoisotopic (exact) mass is 430 g/mol. The van der Waals surface area contributed by atoms with E-state index in [1.165, 1.54) is 35.2 Å². The Kier molecular flexibility index (Phi) is 6.23. The zero-order valence-corrected chi connectivity index (χ0v) is 16.7. The number of aromatic nitrogens is 2. The smallest absolute Gasteiger partial charge is 0.270 e. The van der Waals surface area contributed by atoms with Crippen LogP contribution in [0.25, 0.3) is 11.3 Å². The van der Waals surface area contributed by atoms with E-state index in [0.29, 0.717) is 11.4 Å². The Morgan fingerprint density at radius 1 is 1.17 bits per heavy atom. The molecular weight excluding hydrogens is 412 g/mol. The first kappa shape index (κ1) is 21.1. The van der Waals surface area contributed by atoms with Crippen LogP contribution in [0.5, 0.6) is 5.75 Å². The summed E-state index contributed by atoms with van der Waals surface area (Å²) in [6, 6.07) is 13.1. The number of nitro groups is 1. The van der Waals surface area contributed by atoms with Gasteiger partial charge in [0.1, 0.15) is 5.75 Å². The molecule has 0 saturated heterocycles. The van der Waals surface area contributed by atoms with Gasteiger partial charge < -0.3 is 4.74 Å². The molecule has 30 heavy (non-hydrogen) atoms. The van der Waals surface area contributed by atoms with Gasteiger partial charge in [-0.1, -0.05) is 6.07 Å². The van der Waals surface area contributed by atoms with Gasteiger partial charge >= 0.3 is 0 Å². The van der Waals surface area contributed by atoms with Crippen LogP contribution in [0.3, 0.4) is 0 Å². The van der Waals surface area contributed by atoms with E-state index < -0.39 is 14.9 Å². The highest BCUT2D eigenvalue weighted by molar-refractivity contribution is 7.89. The van der Waals surface area contributed by atoms with Crippen molar-refractivity contribution in [3.05, 3.63) is 81.4 Å². The molecule has 156 valence electrons. The summed E-state index contributed by atoms with van der Waals surface area (Å²) in [5.74, 6) is 0.683. The molecule has 0 aliphatic carbocycles. The fourth-order valence-corrected chi connectivity index (χ4v) is 3.72. The standard InChI is InChI=1S/C19H18N4O6S/c1-29-16-7-5-14(6-8-16)18-12-19(24)22(13-20-18)10-9-21-30(27,28)17-4-2-3-15(11-17)23(25)26/h2-8,11-13,21H,9-10H2,1H3. The van der Waals surface area contributed by atoms with Crippen LogP contribution in [0.1, 0.15) is 0 Å². The Bertz CT molecular complexity index is 1220. The fourth-order valence-electron chi connectivity index (χ4n) is 2.66. The van der Waals surface area contributed by atoms with Gasteiger partial charge in [0, 0.05) is 36.9 Å². The first-order chi connectivity index (χ1) is 14.3. The molecule has 10 nitrogen and oxygen atoms in total. The molecule has 3 aromatic rings. The number of ether oxygens (including phenoxy) is 1. The molecule has 2 aromatic carbocycles. The van der Waals surface area contributed by atoms with Gasteiger partial charge in [-0.05, 0) is 30.3 Å². The number of hydrogen-bond donors (Lipinski definition) is 1. The van der Waals surface area contributed by atoms with Gasteiger partial charge in [-0.15, -0.1) is 0 Å². The number of non-ortho nitro benzene ring substituents is 1. The Morgan fingerprint density at radius 3 is 2.53 bits per heavy atom. The minimum absolute atomic E-state index is 0.0445. The predicted octanol–water partition coefficient (Wildman–Crippen LogP) is 1.81. The second-order valence-electron chi connectivity index (χ2n) is 6.19. The van der Waals surface area contributed by atoms with E-state index >= 15 is 0 Å². The molecule has 0 atom stereocenters. The van der Waals surface area contributed by atoms with Gasteiger partial charge in [-0.25, -0.2) is 18.1 Å². The van der Waals surface area contributed by atoms with Crippen LogP contribution in [0, 0.1) is 10.1 Å². The van der Waals surface area contributed by atoms with E-state index in [-0.39, 0.29) is 29.2 Å². The molecule has 0 radical (unpaired) electrons. The number of rotatable bonds is 8. The first-order valence-corrected chi connectivity index (χ1v) is 10.2. The molecule has 1 N–H and O–H groups in total. The van der Waals surface area contributed by atoms with Crippen molar-refractivity contribution < 1.29 is 18.1 Å². The minimum atomic E-state index is -3.96. The normalized spacial score (nSPS) is 11.2. The minimum Gasteiger partial charge on any atom is -0.497 e. The number of nitrogens with one attached hydrogen (secondary N) is 1. The maximum atomic E-state index is 12.3. The quantitative estimate of drug-likeness (QED) is 0.425. The predicted molar refractivity (Wildman–Crippen MR) is 109 cm³/mol. The zero-order valence-electron chi connectivity index (χ0n) is 15.9. The van der Waals surface area contributed by atoms with Gasteiger partial charge in [0.05, 0.1) is 28.9 Å². The van der Waals surface area contributed by atoms with Gasteiger partial charge in [0.25, 0.3) is 11.2 Å². The lowest BCUT2D eigenvalue weighted by molar-refractivity contribution is -0.385. The van der Waals surface area contributed by atoms with Crippen LogP contribution in [0.4, 0.5) is 5.69 Å². The highest BCUT2D eigenvalue weighted by Crippen LogP contribution is 2.19. The van der Waals surface area contributed by atoms with Crippen molar-refractivity contribution >= 4 is 15.7 Å². The van der Waals surface area contributed by atoms with Gasteiger partial charge in [0.15, 0.2) is 0 Å². The first-order valence-electron chi connectivity index (χ1n) is 8.75. The Hall–Kier alpha value is -3.57. The third-order valence-corrected chi connectivity index (χ3v) is 5.71. The van der Waals surface area contributed by atoms with Crippen LogP contribution < -0.4 is 15.0 Å². The molecule has 11 heteroatoms. The van der Waals surface area contributed by atoms with Crippen molar-refractivity contribution in [3.63, 3.8) is 0 Å². The maximum absolute atomic E-state index is 12.3. The summed E-state index contributed by atoms with van der Waals surface area (Å²) in [7, 11) is -2.40. The molecule has 0 bridgehead atoms. The number of nitrogens with zero attached hydrogens (tertiary/aromatic N) is 3. The van der Waals surface area contributed by atoms with Crippen molar-refractivity contribution in [2.45, 2.75) is 11.4 Å². The summed E-state index contributed by atoms with van der Waals surface area (Å²) in [5, 5.41) is 10.8. The SMILES string of the molecule is COc1ccc(-c2cc(=O)n(CCNS(=O)(=O)c3cccc([N+](=O)[O-])c3)cn2)cc1. The molecule has 0 amide bonds. The molecule has 1 aromatic heterocycles. The Labute approximate surface area is 172 Å². The molecule has 0 aliphatic heterocycles. The molecular formula is C19H18N4O6S. The molecule has 0 spiro atoms. The van der Waals surface area contributed by atoms with E-state index in [1.807, 2.05) is 0 Å². The molecule has 0 aliphatic rings. The third-order valence-electron chi connectivity index (χ3n) is 4.25. The topological polar surface area (TPSA) is 133 Å². The number of methoxy groups -OCH3 is 1. The molecule has 0 unspecified atom stereocenters. The maximum Gasteiger partial charge on any atom is 0.270 e. The lowest BCUT2D eigenvalue weighted by atomic mass is 10.1. The number of benzene rings is 2. The average Bonchev–Trinajstić information content (AvgIpc) is 2.75. The van der Waals surface area contributed by atoms with Crippen LogP contribution in [-0.4, -0.2) is 36.5 Å². The third kappa shape index (κ3) is 4.88. The molecule has 0 fully saturated rings. The van der Waals surface area contributed by atoms with E-state index in [9.17, 15) is 23.3 Å².